The Labute approximate surface area is 136 Å². The minimum absolute atomic E-state index is 0.0964. The zero-order valence-corrected chi connectivity index (χ0v) is 13.8. The largest absolute Gasteiger partial charge is 0.467 e. The van der Waals surface area contributed by atoms with Crippen LogP contribution in [0.25, 0.3) is 0 Å². The van der Waals surface area contributed by atoms with Gasteiger partial charge in [0.05, 0.1) is 23.5 Å². The number of rotatable bonds is 7. The van der Waals surface area contributed by atoms with Gasteiger partial charge in [-0.15, -0.1) is 0 Å². The number of hydrogen-bond donors (Lipinski definition) is 2. The average Bonchev–Trinajstić information content (AvgIpc) is 3.08. The van der Waals surface area contributed by atoms with Crippen molar-refractivity contribution in [3.05, 3.63) is 54.5 Å². The standard InChI is InChI=1S/C16H21N3O3S/c1-17-16(19-13-14-7-5-11-22-14)18-10-6-12-23(20,21)15-8-3-2-4-9-15/h2-5,7-9,11H,6,10,12-13H2,1H3,(H2,17,18,19). The maximum atomic E-state index is 12.1. The Morgan fingerprint density at radius 1 is 1.13 bits per heavy atom. The predicted octanol–water partition coefficient (Wildman–Crippen LogP) is 1.81. The Bertz CT molecular complexity index is 710. The van der Waals surface area contributed by atoms with E-state index in [0.717, 1.165) is 5.76 Å². The Balaban J connectivity index is 1.73. The van der Waals surface area contributed by atoms with Crippen molar-refractivity contribution in [1.82, 2.24) is 10.6 Å². The van der Waals surface area contributed by atoms with Gasteiger partial charge in [0.2, 0.25) is 0 Å². The van der Waals surface area contributed by atoms with Crippen LogP contribution in [0.3, 0.4) is 0 Å². The van der Waals surface area contributed by atoms with Gasteiger partial charge in [-0.2, -0.15) is 0 Å². The van der Waals surface area contributed by atoms with E-state index in [2.05, 4.69) is 15.6 Å². The van der Waals surface area contributed by atoms with Gasteiger partial charge in [0.15, 0.2) is 15.8 Å². The lowest BCUT2D eigenvalue weighted by molar-refractivity contribution is 0.501. The summed E-state index contributed by atoms with van der Waals surface area (Å²) in [5, 5.41) is 6.19. The normalized spacial score (nSPS) is 12.1. The van der Waals surface area contributed by atoms with Crippen LogP contribution in [-0.4, -0.2) is 33.7 Å². The Hall–Kier alpha value is -2.28. The van der Waals surface area contributed by atoms with Gasteiger partial charge in [-0.1, -0.05) is 18.2 Å². The zero-order valence-electron chi connectivity index (χ0n) is 13.0. The second kappa shape index (κ2) is 8.38. The molecule has 23 heavy (non-hydrogen) atoms. The van der Waals surface area contributed by atoms with E-state index in [1.54, 1.807) is 43.6 Å². The van der Waals surface area contributed by atoms with Crippen molar-refractivity contribution in [1.29, 1.82) is 0 Å². The van der Waals surface area contributed by atoms with Gasteiger partial charge in [-0.05, 0) is 30.7 Å². The molecule has 1 aromatic heterocycles. The average molecular weight is 335 g/mol. The van der Waals surface area contributed by atoms with Gasteiger partial charge in [0.25, 0.3) is 0 Å². The molecule has 0 aliphatic heterocycles. The predicted molar refractivity (Wildman–Crippen MR) is 90.0 cm³/mol. The molecule has 0 saturated carbocycles. The minimum atomic E-state index is -3.23. The Kier molecular flexibility index (Phi) is 6.22. The molecule has 2 aromatic rings. The van der Waals surface area contributed by atoms with Crippen LogP contribution in [0.15, 0.2) is 63.0 Å². The van der Waals surface area contributed by atoms with Crippen LogP contribution in [-0.2, 0) is 16.4 Å². The molecular weight excluding hydrogens is 314 g/mol. The van der Waals surface area contributed by atoms with Crippen molar-refractivity contribution in [2.75, 3.05) is 19.3 Å². The number of aliphatic imine (C=N–C) groups is 1. The first-order valence-electron chi connectivity index (χ1n) is 7.36. The van der Waals surface area contributed by atoms with Gasteiger partial charge in [0.1, 0.15) is 5.76 Å². The number of nitrogens with zero attached hydrogens (tertiary/aromatic N) is 1. The van der Waals surface area contributed by atoms with Crippen LogP contribution in [0.4, 0.5) is 0 Å². The highest BCUT2D eigenvalue weighted by Gasteiger charge is 2.13. The number of sulfone groups is 1. The summed E-state index contributed by atoms with van der Waals surface area (Å²) in [6, 6.07) is 12.2. The molecule has 0 atom stereocenters. The lowest BCUT2D eigenvalue weighted by Crippen LogP contribution is -2.37. The van der Waals surface area contributed by atoms with E-state index < -0.39 is 9.84 Å². The van der Waals surface area contributed by atoms with Crippen LogP contribution in [0, 0.1) is 0 Å². The number of nitrogens with one attached hydrogen (secondary N) is 2. The van der Waals surface area contributed by atoms with Gasteiger partial charge in [-0.3, -0.25) is 4.99 Å². The van der Waals surface area contributed by atoms with Crippen molar-refractivity contribution >= 4 is 15.8 Å². The summed E-state index contributed by atoms with van der Waals surface area (Å²) in [6.45, 7) is 1.04. The zero-order chi connectivity index (χ0) is 16.5. The van der Waals surface area contributed by atoms with E-state index >= 15 is 0 Å². The first-order valence-corrected chi connectivity index (χ1v) is 9.02. The molecule has 7 heteroatoms. The van der Waals surface area contributed by atoms with Crippen LogP contribution in [0.2, 0.25) is 0 Å². The Morgan fingerprint density at radius 3 is 2.57 bits per heavy atom. The fourth-order valence-electron chi connectivity index (χ4n) is 2.02. The van der Waals surface area contributed by atoms with Crippen molar-refractivity contribution in [2.24, 2.45) is 4.99 Å². The summed E-state index contributed by atoms with van der Waals surface area (Å²) in [7, 11) is -1.56. The summed E-state index contributed by atoms with van der Waals surface area (Å²) in [5.41, 5.74) is 0. The molecule has 0 amide bonds. The molecule has 1 heterocycles. The molecule has 0 aliphatic carbocycles. The van der Waals surface area contributed by atoms with Crippen molar-refractivity contribution in [3.8, 4) is 0 Å². The lowest BCUT2D eigenvalue weighted by atomic mass is 10.4. The highest BCUT2D eigenvalue weighted by molar-refractivity contribution is 7.91. The number of guanidine groups is 1. The monoisotopic (exact) mass is 335 g/mol. The van der Waals surface area contributed by atoms with E-state index in [1.165, 1.54) is 0 Å². The summed E-state index contributed by atoms with van der Waals surface area (Å²) in [4.78, 5) is 4.44. The highest BCUT2D eigenvalue weighted by atomic mass is 32.2. The Morgan fingerprint density at radius 2 is 1.91 bits per heavy atom. The molecule has 2 N–H and O–H groups in total. The minimum Gasteiger partial charge on any atom is -0.467 e. The van der Waals surface area contributed by atoms with Gasteiger partial charge in [0, 0.05) is 13.6 Å². The van der Waals surface area contributed by atoms with E-state index in [4.69, 9.17) is 4.42 Å². The third-order valence-corrected chi connectivity index (χ3v) is 5.03. The van der Waals surface area contributed by atoms with Gasteiger partial charge in [-0.25, -0.2) is 8.42 Å². The van der Waals surface area contributed by atoms with E-state index in [0.29, 0.717) is 30.4 Å². The molecule has 6 nitrogen and oxygen atoms in total. The maximum Gasteiger partial charge on any atom is 0.191 e. The first-order chi connectivity index (χ1) is 11.1. The quantitative estimate of drug-likeness (QED) is 0.458. The fraction of sp³-hybridized carbons (Fsp3) is 0.312. The molecule has 0 spiro atoms. The van der Waals surface area contributed by atoms with Gasteiger partial charge >= 0.3 is 0 Å². The summed E-state index contributed by atoms with van der Waals surface area (Å²) in [6.07, 6.45) is 2.11. The smallest absolute Gasteiger partial charge is 0.191 e. The molecule has 0 bridgehead atoms. The van der Waals surface area contributed by atoms with E-state index in [1.807, 2.05) is 12.1 Å². The van der Waals surface area contributed by atoms with Gasteiger partial charge < -0.3 is 15.1 Å². The molecule has 0 unspecified atom stereocenters. The van der Waals surface area contributed by atoms with Crippen LogP contribution >= 0.6 is 0 Å². The van der Waals surface area contributed by atoms with Crippen molar-refractivity contribution < 1.29 is 12.8 Å². The second-order valence-corrected chi connectivity index (χ2v) is 7.03. The highest BCUT2D eigenvalue weighted by Crippen LogP contribution is 2.10. The number of furan rings is 1. The third-order valence-electron chi connectivity index (χ3n) is 3.22. The molecular formula is C16H21N3O3S. The number of hydrogen-bond acceptors (Lipinski definition) is 4. The summed E-state index contributed by atoms with van der Waals surface area (Å²) in [5.74, 6) is 1.51. The first kappa shape index (κ1) is 17.1. The lowest BCUT2D eigenvalue weighted by Gasteiger charge is -2.11. The molecule has 0 radical (unpaired) electrons. The molecule has 0 aliphatic rings. The van der Waals surface area contributed by atoms with E-state index in [-0.39, 0.29) is 5.75 Å². The molecule has 2 rings (SSSR count). The molecule has 0 saturated heterocycles. The third kappa shape index (κ3) is 5.45. The van der Waals surface area contributed by atoms with Crippen LogP contribution in [0.1, 0.15) is 12.2 Å². The molecule has 0 fully saturated rings. The topological polar surface area (TPSA) is 83.7 Å². The summed E-state index contributed by atoms with van der Waals surface area (Å²) < 4.78 is 29.5. The number of benzene rings is 1. The van der Waals surface area contributed by atoms with Crippen molar-refractivity contribution in [3.63, 3.8) is 0 Å². The maximum absolute atomic E-state index is 12.1. The molecule has 1 aromatic carbocycles. The van der Waals surface area contributed by atoms with Crippen molar-refractivity contribution in [2.45, 2.75) is 17.9 Å². The fourth-order valence-corrected chi connectivity index (χ4v) is 3.35. The summed E-state index contributed by atoms with van der Waals surface area (Å²) >= 11 is 0. The molecule has 124 valence electrons. The SMILES string of the molecule is CN=C(NCCCS(=O)(=O)c1ccccc1)NCc1ccco1. The van der Waals surface area contributed by atoms with E-state index in [9.17, 15) is 8.42 Å². The van der Waals surface area contributed by atoms with Crippen LogP contribution < -0.4 is 10.6 Å². The van der Waals surface area contributed by atoms with Crippen LogP contribution in [0.5, 0.6) is 0 Å². The second-order valence-electron chi connectivity index (χ2n) is 4.92.